The highest BCUT2D eigenvalue weighted by atomic mass is 16.4. The normalized spacial score (nSPS) is 21.1. The topological polar surface area (TPSA) is 220 Å². The van der Waals surface area contributed by atoms with Crippen LogP contribution in [0.2, 0.25) is 0 Å². The first kappa shape index (κ1) is 25.3. The average Bonchev–Trinajstić information content (AvgIpc) is 3.13. The number of nitrogens with zero attached hydrogens (tertiary/aromatic N) is 1. The van der Waals surface area contributed by atoms with Gasteiger partial charge in [-0.3, -0.25) is 19.2 Å². The molecule has 13 heteroatoms. The Morgan fingerprint density at radius 3 is 2.13 bits per heavy atom. The van der Waals surface area contributed by atoms with E-state index in [1.165, 1.54) is 13.8 Å². The van der Waals surface area contributed by atoms with Crippen molar-refractivity contribution in [2.24, 2.45) is 5.73 Å². The number of amides is 3. The second-order valence-electron chi connectivity index (χ2n) is 7.18. The van der Waals surface area contributed by atoms with Crippen LogP contribution in [0.3, 0.4) is 0 Å². The van der Waals surface area contributed by atoms with Gasteiger partial charge in [0.15, 0.2) is 0 Å². The highest BCUT2D eigenvalue weighted by Gasteiger charge is 2.40. The summed E-state index contributed by atoms with van der Waals surface area (Å²) in [5.41, 5.74) is 5.52. The zero-order valence-electron chi connectivity index (χ0n) is 16.6. The van der Waals surface area contributed by atoms with Gasteiger partial charge in [-0.2, -0.15) is 0 Å². The molecular formula is C17H28N4O9. The second-order valence-corrected chi connectivity index (χ2v) is 7.18. The van der Waals surface area contributed by atoms with Crippen LogP contribution in [0.5, 0.6) is 0 Å². The molecule has 30 heavy (non-hydrogen) atoms. The molecular weight excluding hydrogens is 404 g/mol. The summed E-state index contributed by atoms with van der Waals surface area (Å²) >= 11 is 0. The lowest BCUT2D eigenvalue weighted by Crippen LogP contribution is -2.60. The summed E-state index contributed by atoms with van der Waals surface area (Å²) in [6.07, 6.45) is -2.82. The number of carbonyl (C=O) groups excluding carboxylic acids is 3. The number of nitrogens with one attached hydrogen (secondary N) is 2. The zero-order valence-corrected chi connectivity index (χ0v) is 16.6. The molecule has 13 nitrogen and oxygen atoms in total. The Morgan fingerprint density at radius 1 is 1.07 bits per heavy atom. The van der Waals surface area contributed by atoms with Gasteiger partial charge in [0.05, 0.1) is 18.6 Å². The molecule has 6 unspecified atom stereocenters. The number of likely N-dealkylation sites (tertiary alicyclic amines) is 1. The van der Waals surface area contributed by atoms with Crippen LogP contribution in [0.1, 0.15) is 33.1 Å². The third-order valence-electron chi connectivity index (χ3n) is 4.70. The van der Waals surface area contributed by atoms with Gasteiger partial charge in [-0.1, -0.05) is 0 Å². The van der Waals surface area contributed by atoms with Crippen molar-refractivity contribution < 1.29 is 44.4 Å². The summed E-state index contributed by atoms with van der Waals surface area (Å²) in [5.74, 6) is -5.49. The van der Waals surface area contributed by atoms with Crippen LogP contribution in [0.15, 0.2) is 0 Å². The second kappa shape index (κ2) is 10.8. The molecule has 0 spiro atoms. The molecule has 8 N–H and O–H groups in total. The summed E-state index contributed by atoms with van der Waals surface area (Å²) < 4.78 is 0. The van der Waals surface area contributed by atoms with Crippen molar-refractivity contribution in [2.45, 2.75) is 69.5 Å². The average molecular weight is 432 g/mol. The number of carbonyl (C=O) groups is 5. The number of nitrogens with two attached hydrogens (primary N) is 1. The number of aliphatic carboxylic acids is 2. The summed E-state index contributed by atoms with van der Waals surface area (Å²) in [7, 11) is 0. The van der Waals surface area contributed by atoms with Gasteiger partial charge in [-0.15, -0.1) is 0 Å². The molecule has 170 valence electrons. The van der Waals surface area contributed by atoms with E-state index in [0.717, 1.165) is 4.90 Å². The molecule has 0 aromatic rings. The van der Waals surface area contributed by atoms with Gasteiger partial charge in [-0.25, -0.2) is 4.79 Å². The van der Waals surface area contributed by atoms with E-state index < -0.39 is 72.5 Å². The highest BCUT2D eigenvalue weighted by Crippen LogP contribution is 2.20. The fourth-order valence-corrected chi connectivity index (χ4v) is 2.98. The van der Waals surface area contributed by atoms with E-state index in [0.29, 0.717) is 6.42 Å². The summed E-state index contributed by atoms with van der Waals surface area (Å²) in [4.78, 5) is 60.5. The third kappa shape index (κ3) is 6.64. The lowest BCUT2D eigenvalue weighted by molar-refractivity contribution is -0.149. The van der Waals surface area contributed by atoms with E-state index in [1.54, 1.807) is 0 Å². The molecule has 0 aliphatic carbocycles. The first-order valence-corrected chi connectivity index (χ1v) is 9.34. The number of carboxylic acids is 2. The fourth-order valence-electron chi connectivity index (χ4n) is 2.98. The van der Waals surface area contributed by atoms with Crippen LogP contribution in [-0.4, -0.2) is 97.9 Å². The minimum absolute atomic E-state index is 0.106. The number of aliphatic hydroxyl groups is 2. The SMILES string of the molecule is CC(O)C(N)C(=O)NC(C(=O)N1CCCC1C(=O)NC(CC(=O)O)C(=O)O)C(C)O. The first-order chi connectivity index (χ1) is 13.9. The molecule has 1 heterocycles. The minimum atomic E-state index is -1.68. The van der Waals surface area contributed by atoms with Crippen molar-refractivity contribution in [1.82, 2.24) is 15.5 Å². The number of aliphatic hydroxyl groups excluding tert-OH is 2. The standard InChI is InChI=1S/C17H28N4O9/c1-7(22)12(18)15(27)20-13(8(2)23)16(28)21-5-3-4-10(21)14(26)19-9(17(29)30)6-11(24)25/h7-10,12-13,22-23H,3-6,18H2,1-2H3,(H,19,26)(H,20,27)(H,24,25)(H,29,30). The van der Waals surface area contributed by atoms with Crippen molar-refractivity contribution in [1.29, 1.82) is 0 Å². The molecule has 0 aromatic carbocycles. The molecule has 1 saturated heterocycles. The summed E-state index contributed by atoms with van der Waals surface area (Å²) in [6, 6.07) is -5.57. The molecule has 0 radical (unpaired) electrons. The number of rotatable bonds is 10. The van der Waals surface area contributed by atoms with Crippen LogP contribution >= 0.6 is 0 Å². The van der Waals surface area contributed by atoms with E-state index in [9.17, 15) is 34.2 Å². The van der Waals surface area contributed by atoms with Crippen LogP contribution < -0.4 is 16.4 Å². The molecule has 0 bridgehead atoms. The maximum atomic E-state index is 12.9. The van der Waals surface area contributed by atoms with Crippen molar-refractivity contribution in [2.75, 3.05) is 6.54 Å². The third-order valence-corrected chi connectivity index (χ3v) is 4.70. The Bertz CT molecular complexity index is 682. The van der Waals surface area contributed by atoms with Crippen LogP contribution in [0.25, 0.3) is 0 Å². The van der Waals surface area contributed by atoms with E-state index in [4.69, 9.17) is 15.9 Å². The molecule has 1 aliphatic heterocycles. The summed E-state index contributed by atoms with van der Waals surface area (Å²) in [6.45, 7) is 2.63. The Hall–Kier alpha value is -2.77. The molecule has 1 fully saturated rings. The van der Waals surface area contributed by atoms with Crippen molar-refractivity contribution in [3.8, 4) is 0 Å². The number of hydrogen-bond donors (Lipinski definition) is 7. The smallest absolute Gasteiger partial charge is 0.326 e. The lowest BCUT2D eigenvalue weighted by atomic mass is 10.1. The maximum Gasteiger partial charge on any atom is 0.326 e. The van der Waals surface area contributed by atoms with Gasteiger partial charge >= 0.3 is 11.9 Å². The molecule has 6 atom stereocenters. The van der Waals surface area contributed by atoms with Crippen LogP contribution in [0, 0.1) is 0 Å². The number of carboxylic acid groups (broad SMARTS) is 2. The van der Waals surface area contributed by atoms with Gasteiger partial charge < -0.3 is 41.7 Å². The van der Waals surface area contributed by atoms with E-state index >= 15 is 0 Å². The van der Waals surface area contributed by atoms with Gasteiger partial charge in [0.25, 0.3) is 0 Å². The molecule has 0 aromatic heterocycles. The number of hydrogen-bond acceptors (Lipinski definition) is 8. The van der Waals surface area contributed by atoms with Crippen molar-refractivity contribution >= 4 is 29.7 Å². The monoisotopic (exact) mass is 432 g/mol. The van der Waals surface area contributed by atoms with Gasteiger partial charge in [0, 0.05) is 6.54 Å². The van der Waals surface area contributed by atoms with E-state index in [-0.39, 0.29) is 13.0 Å². The fraction of sp³-hybridized carbons (Fsp3) is 0.706. The molecule has 1 aliphatic rings. The molecule has 1 rings (SSSR count). The Kier molecular flexibility index (Phi) is 9.14. The maximum absolute atomic E-state index is 12.9. The Morgan fingerprint density at radius 2 is 1.67 bits per heavy atom. The molecule has 3 amide bonds. The first-order valence-electron chi connectivity index (χ1n) is 9.34. The highest BCUT2D eigenvalue weighted by molar-refractivity contribution is 5.95. The predicted molar refractivity (Wildman–Crippen MR) is 99.8 cm³/mol. The van der Waals surface area contributed by atoms with E-state index in [1.807, 2.05) is 0 Å². The largest absolute Gasteiger partial charge is 0.481 e. The van der Waals surface area contributed by atoms with Crippen LogP contribution in [0.4, 0.5) is 0 Å². The lowest BCUT2D eigenvalue weighted by Gasteiger charge is -2.31. The Balaban J connectivity index is 2.94. The molecule has 0 saturated carbocycles. The van der Waals surface area contributed by atoms with Crippen molar-refractivity contribution in [3.05, 3.63) is 0 Å². The Labute approximate surface area is 172 Å². The van der Waals surface area contributed by atoms with Crippen molar-refractivity contribution in [3.63, 3.8) is 0 Å². The van der Waals surface area contributed by atoms with E-state index in [2.05, 4.69) is 10.6 Å². The summed E-state index contributed by atoms with van der Waals surface area (Å²) in [5, 5.41) is 41.6. The van der Waals surface area contributed by atoms with Gasteiger partial charge in [0.2, 0.25) is 17.7 Å². The predicted octanol–water partition coefficient (Wildman–Crippen LogP) is -3.40. The van der Waals surface area contributed by atoms with Crippen LogP contribution in [-0.2, 0) is 24.0 Å². The zero-order chi connectivity index (χ0) is 23.2. The van der Waals surface area contributed by atoms with Gasteiger partial charge in [0.1, 0.15) is 24.2 Å². The quantitative estimate of drug-likeness (QED) is 0.181. The minimum Gasteiger partial charge on any atom is -0.481 e. The van der Waals surface area contributed by atoms with Gasteiger partial charge in [-0.05, 0) is 26.7 Å².